The molecule has 176 valence electrons. The van der Waals surface area contributed by atoms with Gasteiger partial charge in [0.1, 0.15) is 0 Å². The maximum atomic E-state index is 12.6. The molecule has 3 N–H and O–H groups in total. The van der Waals surface area contributed by atoms with Gasteiger partial charge in [0.15, 0.2) is 8.99 Å². The first-order valence-corrected chi connectivity index (χ1v) is 14.0. The highest BCUT2D eigenvalue weighted by Crippen LogP contribution is 2.31. The van der Waals surface area contributed by atoms with Crippen LogP contribution in [0.2, 0.25) is 5.02 Å². The normalized spacial score (nSPS) is 11.6. The average Bonchev–Trinajstić information content (AvgIpc) is 3.17. The summed E-state index contributed by atoms with van der Waals surface area (Å²) >= 11 is 9.48. The Kier molecular flexibility index (Phi) is 7.48. The fourth-order valence-corrected chi connectivity index (χ4v) is 5.82. The second-order valence-electron chi connectivity index (χ2n) is 7.25. The Bertz CT molecular complexity index is 1510. The van der Waals surface area contributed by atoms with Crippen LogP contribution in [-0.4, -0.2) is 34.8 Å². The average molecular weight is 628 g/mol. The van der Waals surface area contributed by atoms with Gasteiger partial charge < -0.3 is 5.32 Å². The van der Waals surface area contributed by atoms with E-state index in [4.69, 9.17) is 16.7 Å². The van der Waals surface area contributed by atoms with Gasteiger partial charge in [-0.25, -0.2) is 13.6 Å². The third-order valence-electron chi connectivity index (χ3n) is 5.08. The topological polar surface area (TPSA) is 120 Å². The third kappa shape index (κ3) is 5.23. The first kappa shape index (κ1) is 24.9. The van der Waals surface area contributed by atoms with Crippen LogP contribution in [-0.2, 0) is 21.2 Å². The highest BCUT2D eigenvalue weighted by atomic mass is 127. The summed E-state index contributed by atoms with van der Waals surface area (Å²) < 4.78 is 25.5. The zero-order chi connectivity index (χ0) is 24.5. The molecule has 1 aromatic heterocycles. The summed E-state index contributed by atoms with van der Waals surface area (Å²) in [5.74, 6) is -0.279. The molecule has 3 aromatic carbocycles. The number of halogens is 2. The number of primary sulfonamides is 1. The number of benzene rings is 3. The molecule has 0 bridgehead atoms. The number of rotatable bonds is 7. The molecule has 0 radical (unpaired) electrons. The van der Waals surface area contributed by atoms with Crippen molar-refractivity contribution in [3.8, 4) is 5.69 Å². The summed E-state index contributed by atoms with van der Waals surface area (Å²) in [5.41, 5.74) is 2.48. The van der Waals surface area contributed by atoms with Crippen LogP contribution in [0.15, 0.2) is 64.6 Å². The van der Waals surface area contributed by atoms with E-state index in [1.165, 1.54) is 40.9 Å². The fraction of sp³-hybridized carbons (Fsp3) is 0.136. The van der Waals surface area contributed by atoms with Gasteiger partial charge in [-0.15, -0.1) is 10.2 Å². The number of nitrogens with two attached hydrogens (primary N) is 1. The smallest absolute Gasteiger partial charge is 0.238 e. The van der Waals surface area contributed by atoms with Gasteiger partial charge in [-0.1, -0.05) is 60.6 Å². The first-order valence-electron chi connectivity index (χ1n) is 10.1. The van der Waals surface area contributed by atoms with Gasteiger partial charge >= 0.3 is 0 Å². The minimum absolute atomic E-state index is 0.0486. The van der Waals surface area contributed by atoms with E-state index in [9.17, 15) is 13.2 Å². The quantitative estimate of drug-likeness (QED) is 0.228. The van der Waals surface area contributed by atoms with Crippen molar-refractivity contribution >= 4 is 78.3 Å². The molecule has 1 amide bonds. The Morgan fingerprint density at radius 2 is 1.88 bits per heavy atom. The molecular formula is C22H19ClIN5O3S2. The zero-order valence-corrected chi connectivity index (χ0v) is 22.4. The molecule has 4 rings (SSSR count). The predicted molar refractivity (Wildman–Crippen MR) is 143 cm³/mol. The number of hydrogen-bond acceptors (Lipinski definition) is 6. The SMILES string of the molecule is CCc1ccc(-n2c(I)nnc2SCC(=O)Nc2ccc(S(N)(=O)=O)cc2Cl)c2ccccc12. The lowest BCUT2D eigenvalue weighted by Gasteiger charge is -2.13. The van der Waals surface area contributed by atoms with Crippen molar-refractivity contribution in [2.75, 3.05) is 11.1 Å². The third-order valence-corrected chi connectivity index (χ3v) is 7.93. The molecule has 0 saturated heterocycles. The van der Waals surface area contributed by atoms with Crippen molar-refractivity contribution in [1.82, 2.24) is 14.8 Å². The van der Waals surface area contributed by atoms with Crippen LogP contribution in [0.3, 0.4) is 0 Å². The number of thioether (sulfide) groups is 1. The molecule has 0 aliphatic carbocycles. The van der Waals surface area contributed by atoms with Crippen LogP contribution < -0.4 is 10.5 Å². The second-order valence-corrected chi connectivity index (χ2v) is 11.1. The van der Waals surface area contributed by atoms with Crippen molar-refractivity contribution in [1.29, 1.82) is 0 Å². The summed E-state index contributed by atoms with van der Waals surface area (Å²) in [4.78, 5) is 12.4. The standard InChI is InChI=1S/C22H19ClIN5O3S2/c1-2-13-7-10-19(16-6-4-3-5-15(13)16)29-21(24)27-28-22(29)33-12-20(30)26-18-9-8-14(11-17(18)23)34(25,31)32/h3-11H,2,12H2,1H3,(H,26,30)(H2,25,31,32). The molecule has 12 heteroatoms. The van der Waals surface area contributed by atoms with E-state index in [0.717, 1.165) is 17.5 Å². The van der Waals surface area contributed by atoms with Gasteiger partial charge in [-0.3, -0.25) is 9.36 Å². The van der Waals surface area contributed by atoms with Gasteiger partial charge in [0.25, 0.3) is 0 Å². The molecule has 34 heavy (non-hydrogen) atoms. The highest BCUT2D eigenvalue weighted by molar-refractivity contribution is 14.1. The largest absolute Gasteiger partial charge is 0.324 e. The Labute approximate surface area is 219 Å². The summed E-state index contributed by atoms with van der Waals surface area (Å²) in [7, 11) is -3.89. The lowest BCUT2D eigenvalue weighted by Crippen LogP contribution is -2.16. The van der Waals surface area contributed by atoms with E-state index in [-0.39, 0.29) is 27.3 Å². The number of nitrogens with zero attached hydrogens (tertiary/aromatic N) is 3. The molecule has 0 fully saturated rings. The number of nitrogens with one attached hydrogen (secondary N) is 1. The Balaban J connectivity index is 1.56. The lowest BCUT2D eigenvalue weighted by molar-refractivity contribution is -0.113. The van der Waals surface area contributed by atoms with Gasteiger partial charge in [-0.05, 0) is 41.6 Å². The fourth-order valence-electron chi connectivity index (χ4n) is 3.49. The number of fused-ring (bicyclic) bond motifs is 1. The van der Waals surface area contributed by atoms with E-state index < -0.39 is 10.0 Å². The maximum Gasteiger partial charge on any atom is 0.238 e. The number of amides is 1. The number of sulfonamides is 1. The number of hydrogen-bond donors (Lipinski definition) is 2. The molecule has 0 atom stereocenters. The molecule has 0 aliphatic heterocycles. The van der Waals surface area contributed by atoms with E-state index in [2.05, 4.69) is 63.2 Å². The summed E-state index contributed by atoms with van der Waals surface area (Å²) in [6.45, 7) is 2.12. The number of carbonyl (C=O) groups excluding carboxylic acids is 1. The van der Waals surface area contributed by atoms with Crippen LogP contribution in [0.5, 0.6) is 0 Å². The zero-order valence-electron chi connectivity index (χ0n) is 17.8. The van der Waals surface area contributed by atoms with Gasteiger partial charge in [0.2, 0.25) is 15.9 Å². The van der Waals surface area contributed by atoms with E-state index in [1.54, 1.807) is 0 Å². The minimum Gasteiger partial charge on any atom is -0.324 e. The highest BCUT2D eigenvalue weighted by Gasteiger charge is 2.18. The number of aromatic nitrogens is 3. The van der Waals surface area contributed by atoms with Crippen molar-refractivity contribution < 1.29 is 13.2 Å². The first-order chi connectivity index (χ1) is 16.2. The van der Waals surface area contributed by atoms with E-state index in [0.29, 0.717) is 8.99 Å². The van der Waals surface area contributed by atoms with Crippen LogP contribution in [0.4, 0.5) is 5.69 Å². The van der Waals surface area contributed by atoms with Crippen LogP contribution in [0.1, 0.15) is 12.5 Å². The van der Waals surface area contributed by atoms with Gasteiger partial charge in [0.05, 0.1) is 27.0 Å². The van der Waals surface area contributed by atoms with Gasteiger partial charge in [0, 0.05) is 28.0 Å². The molecule has 0 saturated carbocycles. The second kappa shape index (κ2) is 10.2. The number of aryl methyl sites for hydroxylation is 1. The molecule has 1 heterocycles. The summed E-state index contributed by atoms with van der Waals surface area (Å²) in [6, 6.07) is 16.2. The van der Waals surface area contributed by atoms with Crippen molar-refractivity contribution in [3.05, 3.63) is 69.0 Å². The molecule has 4 aromatic rings. The summed E-state index contributed by atoms with van der Waals surface area (Å²) in [6.07, 6.45) is 0.919. The number of anilines is 1. The molecule has 0 spiro atoms. The summed E-state index contributed by atoms with van der Waals surface area (Å²) in [5, 5.41) is 19.2. The minimum atomic E-state index is -3.89. The predicted octanol–water partition coefficient (Wildman–Crippen LogP) is 4.62. The molecular weight excluding hydrogens is 609 g/mol. The molecule has 8 nitrogen and oxygen atoms in total. The van der Waals surface area contributed by atoms with Crippen molar-refractivity contribution in [3.63, 3.8) is 0 Å². The van der Waals surface area contributed by atoms with Crippen LogP contribution in [0.25, 0.3) is 16.5 Å². The lowest BCUT2D eigenvalue weighted by atomic mass is 10.0. The van der Waals surface area contributed by atoms with E-state index in [1.807, 2.05) is 22.8 Å². The Morgan fingerprint density at radius 3 is 2.56 bits per heavy atom. The number of carbonyl (C=O) groups is 1. The Hall–Kier alpha value is -2.19. The maximum absolute atomic E-state index is 12.6. The van der Waals surface area contributed by atoms with Gasteiger partial charge in [-0.2, -0.15) is 0 Å². The van der Waals surface area contributed by atoms with E-state index >= 15 is 0 Å². The van der Waals surface area contributed by atoms with Crippen LogP contribution in [0, 0.1) is 3.83 Å². The van der Waals surface area contributed by atoms with Crippen LogP contribution >= 0.6 is 46.0 Å². The van der Waals surface area contributed by atoms with Crippen molar-refractivity contribution in [2.24, 2.45) is 5.14 Å². The Morgan fingerprint density at radius 1 is 1.15 bits per heavy atom. The molecule has 0 aliphatic rings. The monoisotopic (exact) mass is 627 g/mol. The van der Waals surface area contributed by atoms with Crippen molar-refractivity contribution in [2.45, 2.75) is 23.4 Å². The molecule has 0 unspecified atom stereocenters.